The molecule has 1 atom stereocenters. The third kappa shape index (κ3) is 4.77. The van der Waals surface area contributed by atoms with E-state index in [2.05, 4.69) is 20.0 Å². The number of carbonyl (C=O) groups excluding carboxylic acids is 5. The highest BCUT2D eigenvalue weighted by atomic mass is 35.5. The molecule has 11 nitrogen and oxygen atoms in total. The van der Waals surface area contributed by atoms with E-state index in [4.69, 9.17) is 17.3 Å². The number of hydrogen-bond acceptors (Lipinski definition) is 8. The quantitative estimate of drug-likeness (QED) is 0.256. The van der Waals surface area contributed by atoms with Gasteiger partial charge in [0, 0.05) is 5.02 Å². The molecule has 1 heterocycles. The van der Waals surface area contributed by atoms with Gasteiger partial charge in [-0.2, -0.15) is 0 Å². The fourth-order valence-electron chi connectivity index (χ4n) is 2.98. The maximum Gasteiger partial charge on any atom is 0.375 e. The van der Waals surface area contributed by atoms with E-state index in [9.17, 15) is 28.8 Å². The van der Waals surface area contributed by atoms with Crippen LogP contribution in [-0.2, 0) is 23.9 Å². The van der Waals surface area contributed by atoms with Gasteiger partial charge in [-0.05, 0) is 30.3 Å². The molecule has 0 aliphatic heterocycles. The summed E-state index contributed by atoms with van der Waals surface area (Å²) in [6.45, 7) is 0. The lowest BCUT2D eigenvalue weighted by Gasteiger charge is -2.14. The first-order valence-electron chi connectivity index (χ1n) is 9.19. The summed E-state index contributed by atoms with van der Waals surface area (Å²) in [5.74, 6) is -8.89. The standard InChI is InChI=1S/C21H15ClN4O7/c1-33-21(32)17(28)14(15-19(30)26-13-8-9(22)6-7-12(13)24-15)16(27)20(31)25-11-5-3-2-4-10(11)18(23)29/h2-8,14H,1H3,(H2,23,29)(H,25,31)(H,26,30)/t14-/m0/s1. The number of hydrogen-bond donors (Lipinski definition) is 3. The Bertz CT molecular complexity index is 1380. The number of Topliss-reactive ketones (excluding diaryl/α,β-unsaturated/α-hetero) is 2. The third-order valence-corrected chi connectivity index (χ3v) is 4.76. The molecule has 0 saturated heterocycles. The summed E-state index contributed by atoms with van der Waals surface area (Å²) in [4.78, 5) is 80.7. The second-order valence-corrected chi connectivity index (χ2v) is 7.07. The number of nitrogens with two attached hydrogens (primary N) is 1. The molecule has 0 radical (unpaired) electrons. The number of esters is 1. The molecule has 1 aromatic heterocycles. The third-order valence-electron chi connectivity index (χ3n) is 4.53. The van der Waals surface area contributed by atoms with Crippen molar-refractivity contribution in [1.82, 2.24) is 9.97 Å². The predicted molar refractivity (Wildman–Crippen MR) is 116 cm³/mol. The van der Waals surface area contributed by atoms with E-state index in [0.29, 0.717) is 5.02 Å². The van der Waals surface area contributed by atoms with Crippen LogP contribution in [0.1, 0.15) is 22.0 Å². The number of nitrogens with zero attached hydrogens (tertiary/aromatic N) is 1. The molecule has 33 heavy (non-hydrogen) atoms. The van der Waals surface area contributed by atoms with Crippen LogP contribution in [0.5, 0.6) is 0 Å². The van der Waals surface area contributed by atoms with Gasteiger partial charge in [0.15, 0.2) is 0 Å². The van der Waals surface area contributed by atoms with Crippen molar-refractivity contribution in [1.29, 1.82) is 0 Å². The number of para-hydroxylation sites is 1. The Morgan fingerprint density at radius 2 is 1.79 bits per heavy atom. The molecule has 0 fully saturated rings. The molecular formula is C21H15ClN4O7. The fraction of sp³-hybridized carbons (Fsp3) is 0.0952. The summed E-state index contributed by atoms with van der Waals surface area (Å²) in [7, 11) is 0.894. The Kier molecular flexibility index (Phi) is 6.64. The summed E-state index contributed by atoms with van der Waals surface area (Å²) in [5.41, 5.74) is 3.70. The molecule has 3 aromatic rings. The van der Waals surface area contributed by atoms with Crippen molar-refractivity contribution in [3.05, 3.63) is 69.1 Å². The molecule has 0 aliphatic carbocycles. The van der Waals surface area contributed by atoms with Crippen LogP contribution < -0.4 is 16.6 Å². The number of carbonyl (C=O) groups is 5. The zero-order valence-electron chi connectivity index (χ0n) is 16.9. The maximum absolute atomic E-state index is 13.0. The molecule has 0 aliphatic rings. The first kappa shape index (κ1) is 23.3. The number of nitrogens with one attached hydrogen (secondary N) is 2. The molecule has 0 unspecified atom stereocenters. The average molecular weight is 471 g/mol. The summed E-state index contributed by atoms with van der Waals surface area (Å²) in [6.07, 6.45) is 0. The van der Waals surface area contributed by atoms with Crippen LogP contribution >= 0.6 is 11.6 Å². The van der Waals surface area contributed by atoms with E-state index in [1.807, 2.05) is 0 Å². The van der Waals surface area contributed by atoms with Gasteiger partial charge in [-0.3, -0.25) is 24.0 Å². The Hall–Kier alpha value is -4.38. The Balaban J connectivity index is 2.07. The second-order valence-electron chi connectivity index (χ2n) is 6.63. The Morgan fingerprint density at radius 1 is 1.09 bits per heavy atom. The molecule has 4 N–H and O–H groups in total. The van der Waals surface area contributed by atoms with Gasteiger partial charge < -0.3 is 20.8 Å². The van der Waals surface area contributed by atoms with Gasteiger partial charge in [0.1, 0.15) is 11.6 Å². The minimum absolute atomic E-state index is 0.104. The zero-order chi connectivity index (χ0) is 24.3. The van der Waals surface area contributed by atoms with Crippen molar-refractivity contribution >= 4 is 57.7 Å². The summed E-state index contributed by atoms with van der Waals surface area (Å²) < 4.78 is 4.37. The number of halogens is 1. The number of rotatable bonds is 7. The number of methoxy groups -OCH3 is 1. The first-order chi connectivity index (χ1) is 15.6. The van der Waals surface area contributed by atoms with Crippen LogP contribution in [0.4, 0.5) is 5.69 Å². The van der Waals surface area contributed by atoms with Gasteiger partial charge in [0.25, 0.3) is 23.2 Å². The molecule has 12 heteroatoms. The number of H-pyrrole nitrogens is 1. The highest BCUT2D eigenvalue weighted by Gasteiger charge is 2.40. The van der Waals surface area contributed by atoms with Crippen molar-refractivity contribution in [3.63, 3.8) is 0 Å². The van der Waals surface area contributed by atoms with Gasteiger partial charge in [0.2, 0.25) is 5.78 Å². The monoisotopic (exact) mass is 470 g/mol. The smallest absolute Gasteiger partial charge is 0.375 e. The molecule has 168 valence electrons. The summed E-state index contributed by atoms with van der Waals surface area (Å²) in [6, 6.07) is 9.79. The predicted octanol–water partition coefficient (Wildman–Crippen LogP) is 0.709. The van der Waals surface area contributed by atoms with Gasteiger partial charge in [0.05, 0.1) is 29.4 Å². The molecule has 0 spiro atoms. The van der Waals surface area contributed by atoms with E-state index >= 15 is 0 Å². The minimum Gasteiger partial charge on any atom is -0.463 e. The van der Waals surface area contributed by atoms with Crippen molar-refractivity contribution < 1.29 is 28.7 Å². The number of anilines is 1. The number of fused-ring (bicyclic) bond motifs is 1. The van der Waals surface area contributed by atoms with Gasteiger partial charge in [-0.15, -0.1) is 0 Å². The van der Waals surface area contributed by atoms with Crippen LogP contribution in [0, 0.1) is 0 Å². The number of primary amides is 1. The lowest BCUT2D eigenvalue weighted by molar-refractivity contribution is -0.154. The maximum atomic E-state index is 13.0. The number of ether oxygens (including phenoxy) is 1. The molecule has 0 saturated carbocycles. The molecular weight excluding hydrogens is 456 g/mol. The number of benzene rings is 2. The van der Waals surface area contributed by atoms with Crippen molar-refractivity contribution in [2.24, 2.45) is 5.73 Å². The summed E-state index contributed by atoms with van der Waals surface area (Å²) >= 11 is 5.88. The van der Waals surface area contributed by atoms with Crippen LogP contribution in [0.3, 0.4) is 0 Å². The van der Waals surface area contributed by atoms with Crippen LogP contribution in [0.25, 0.3) is 11.0 Å². The number of amides is 2. The number of aromatic amines is 1. The topological polar surface area (TPSA) is 178 Å². The van der Waals surface area contributed by atoms with Crippen molar-refractivity contribution in [3.8, 4) is 0 Å². The first-order valence-corrected chi connectivity index (χ1v) is 9.57. The molecule has 3 rings (SSSR count). The van der Waals surface area contributed by atoms with E-state index in [0.717, 1.165) is 7.11 Å². The van der Waals surface area contributed by atoms with Crippen molar-refractivity contribution in [2.45, 2.75) is 5.92 Å². The van der Waals surface area contributed by atoms with Crippen molar-refractivity contribution in [2.75, 3.05) is 12.4 Å². The van der Waals surface area contributed by atoms with E-state index < -0.39 is 46.5 Å². The normalized spacial score (nSPS) is 11.5. The average Bonchev–Trinajstić information content (AvgIpc) is 2.78. The highest BCUT2D eigenvalue weighted by molar-refractivity contribution is 6.52. The Morgan fingerprint density at radius 3 is 2.45 bits per heavy atom. The lowest BCUT2D eigenvalue weighted by Crippen LogP contribution is -2.39. The number of aromatic nitrogens is 2. The highest BCUT2D eigenvalue weighted by Crippen LogP contribution is 2.21. The SMILES string of the molecule is COC(=O)C(=O)[C@H](C(=O)C(=O)Nc1ccccc1C(N)=O)c1nc2ccc(Cl)cc2[nH]c1=O. The van der Waals surface area contributed by atoms with Gasteiger partial charge >= 0.3 is 5.97 Å². The lowest BCUT2D eigenvalue weighted by atomic mass is 9.94. The molecule has 2 amide bonds. The van der Waals surface area contributed by atoms with E-state index in [-0.39, 0.29) is 22.3 Å². The largest absolute Gasteiger partial charge is 0.463 e. The van der Waals surface area contributed by atoms with Crippen LogP contribution in [0.15, 0.2) is 47.3 Å². The van der Waals surface area contributed by atoms with E-state index in [1.54, 1.807) is 0 Å². The molecule has 2 aromatic carbocycles. The summed E-state index contributed by atoms with van der Waals surface area (Å²) in [5, 5.41) is 2.46. The fourth-order valence-corrected chi connectivity index (χ4v) is 3.15. The van der Waals surface area contributed by atoms with Gasteiger partial charge in [-0.25, -0.2) is 9.78 Å². The van der Waals surface area contributed by atoms with Crippen LogP contribution in [-0.4, -0.2) is 46.4 Å². The number of ketones is 2. The Labute approximate surface area is 189 Å². The van der Waals surface area contributed by atoms with Gasteiger partial charge in [-0.1, -0.05) is 23.7 Å². The zero-order valence-corrected chi connectivity index (χ0v) is 17.6. The minimum atomic E-state index is -2.21. The second kappa shape index (κ2) is 9.40. The van der Waals surface area contributed by atoms with Crippen LogP contribution in [0.2, 0.25) is 5.02 Å². The van der Waals surface area contributed by atoms with E-state index in [1.165, 1.54) is 42.5 Å². The molecule has 0 bridgehead atoms.